The number of aliphatic hydroxyl groups is 1. The summed E-state index contributed by atoms with van der Waals surface area (Å²) >= 11 is 0. The summed E-state index contributed by atoms with van der Waals surface area (Å²) in [6, 6.07) is -0.787. The van der Waals surface area contributed by atoms with Crippen LogP contribution in [0.1, 0.15) is 26.7 Å². The van der Waals surface area contributed by atoms with Gasteiger partial charge in [0.05, 0.1) is 0 Å². The molecule has 0 aromatic heterocycles. The molecule has 0 aliphatic heterocycles. The number of nitrogens with zero attached hydrogens (tertiary/aromatic N) is 1. The van der Waals surface area contributed by atoms with Crippen LogP contribution in [0.25, 0.3) is 0 Å². The topological polar surface area (TPSA) is 63.4 Å². The fraction of sp³-hybridized carbons (Fsp3) is 1.00. The van der Waals surface area contributed by atoms with Gasteiger partial charge in [-0.15, -0.1) is 0 Å². The van der Waals surface area contributed by atoms with E-state index in [1.165, 1.54) is 0 Å². The van der Waals surface area contributed by atoms with Crippen molar-refractivity contribution in [3.05, 3.63) is 10.1 Å². The first kappa shape index (κ1) is 9.36. The summed E-state index contributed by atoms with van der Waals surface area (Å²) in [4.78, 5) is 9.75. The molecule has 0 aromatic rings. The van der Waals surface area contributed by atoms with Crippen molar-refractivity contribution in [1.29, 1.82) is 0 Å². The van der Waals surface area contributed by atoms with Crippen molar-refractivity contribution in [2.45, 2.75) is 38.8 Å². The maximum Gasteiger partial charge on any atom is 0.238 e. The molecule has 0 saturated carbocycles. The molecular weight excluding hydrogens is 134 g/mol. The van der Waals surface area contributed by atoms with Crippen LogP contribution in [0.5, 0.6) is 0 Å². The van der Waals surface area contributed by atoms with Crippen LogP contribution in [0.4, 0.5) is 0 Å². The third kappa shape index (κ3) is 2.31. The van der Waals surface area contributed by atoms with E-state index < -0.39 is 17.1 Å². The summed E-state index contributed by atoms with van der Waals surface area (Å²) < 4.78 is 0. The summed E-state index contributed by atoms with van der Waals surface area (Å²) in [5, 5.41) is 19.2. The van der Waals surface area contributed by atoms with Gasteiger partial charge in [-0.2, -0.15) is 0 Å². The van der Waals surface area contributed by atoms with Crippen molar-refractivity contribution in [2.24, 2.45) is 0 Å². The zero-order valence-electron chi connectivity index (χ0n) is 6.28. The van der Waals surface area contributed by atoms with Crippen LogP contribution < -0.4 is 0 Å². The van der Waals surface area contributed by atoms with Crippen molar-refractivity contribution in [3.63, 3.8) is 0 Å². The molecule has 0 rings (SSSR count). The average Bonchev–Trinajstić information content (AvgIpc) is 1.88. The molecule has 0 fully saturated rings. The highest BCUT2D eigenvalue weighted by molar-refractivity contribution is 4.63. The van der Waals surface area contributed by atoms with Gasteiger partial charge in [0.25, 0.3) is 0 Å². The number of nitro groups is 1. The molecule has 0 bridgehead atoms. The molecule has 0 saturated heterocycles. The Hall–Kier alpha value is -0.640. The number of hydrogen-bond donors (Lipinski definition) is 1. The Morgan fingerprint density at radius 2 is 2.00 bits per heavy atom. The largest absolute Gasteiger partial charge is 0.386 e. The summed E-state index contributed by atoms with van der Waals surface area (Å²) in [5.74, 6) is 0. The van der Waals surface area contributed by atoms with E-state index in [4.69, 9.17) is 5.11 Å². The molecule has 0 aromatic carbocycles. The molecule has 0 aliphatic rings. The molecule has 0 aliphatic carbocycles. The van der Waals surface area contributed by atoms with Gasteiger partial charge in [0.2, 0.25) is 6.04 Å². The second kappa shape index (κ2) is 4.22. The van der Waals surface area contributed by atoms with Crippen LogP contribution in [0, 0.1) is 10.1 Å². The van der Waals surface area contributed by atoms with Gasteiger partial charge in [-0.05, 0) is 6.42 Å². The summed E-state index contributed by atoms with van der Waals surface area (Å²) in [6.45, 7) is 3.43. The fourth-order valence-corrected chi connectivity index (χ4v) is 0.834. The molecule has 0 unspecified atom stereocenters. The summed E-state index contributed by atoms with van der Waals surface area (Å²) in [7, 11) is 0. The van der Waals surface area contributed by atoms with Crippen LogP contribution in [-0.4, -0.2) is 22.2 Å². The van der Waals surface area contributed by atoms with Gasteiger partial charge in [0.1, 0.15) is 6.10 Å². The second-order valence-electron chi connectivity index (χ2n) is 2.24. The molecule has 0 amide bonds. The van der Waals surface area contributed by atoms with Gasteiger partial charge in [-0.1, -0.05) is 13.8 Å². The van der Waals surface area contributed by atoms with Gasteiger partial charge >= 0.3 is 0 Å². The first-order valence-electron chi connectivity index (χ1n) is 3.45. The van der Waals surface area contributed by atoms with Gasteiger partial charge in [0.15, 0.2) is 0 Å². The van der Waals surface area contributed by atoms with E-state index in [0.717, 1.165) is 0 Å². The van der Waals surface area contributed by atoms with E-state index in [1.54, 1.807) is 13.8 Å². The minimum absolute atomic E-state index is 0.391. The molecule has 0 radical (unpaired) electrons. The smallest absolute Gasteiger partial charge is 0.238 e. The molecule has 0 heterocycles. The van der Waals surface area contributed by atoms with Gasteiger partial charge in [-0.25, -0.2) is 0 Å². The van der Waals surface area contributed by atoms with Crippen molar-refractivity contribution >= 4 is 0 Å². The lowest BCUT2D eigenvalue weighted by Crippen LogP contribution is -2.32. The minimum Gasteiger partial charge on any atom is -0.386 e. The van der Waals surface area contributed by atoms with Crippen molar-refractivity contribution in [1.82, 2.24) is 0 Å². The zero-order valence-corrected chi connectivity index (χ0v) is 6.28. The Morgan fingerprint density at radius 1 is 1.50 bits per heavy atom. The van der Waals surface area contributed by atoms with E-state index in [2.05, 4.69) is 0 Å². The molecule has 2 atom stereocenters. The molecule has 0 spiro atoms. The van der Waals surface area contributed by atoms with Crippen LogP contribution in [-0.2, 0) is 0 Å². The lowest BCUT2D eigenvalue weighted by molar-refractivity contribution is -0.534. The van der Waals surface area contributed by atoms with Crippen molar-refractivity contribution in [2.75, 3.05) is 0 Å². The highest BCUT2D eigenvalue weighted by Gasteiger charge is 2.25. The van der Waals surface area contributed by atoms with E-state index in [0.29, 0.717) is 12.8 Å². The Kier molecular flexibility index (Phi) is 3.95. The molecular formula is C6H13NO3. The van der Waals surface area contributed by atoms with Crippen LogP contribution in [0.3, 0.4) is 0 Å². The van der Waals surface area contributed by atoms with E-state index >= 15 is 0 Å². The Bertz CT molecular complexity index is 116. The maximum atomic E-state index is 10.2. The summed E-state index contributed by atoms with van der Waals surface area (Å²) in [6.07, 6.45) is 0.0431. The SMILES string of the molecule is CC[C@@H](O)[C@@H](CC)[N+](=O)[O-]. The third-order valence-electron chi connectivity index (χ3n) is 1.55. The predicted molar refractivity (Wildman–Crippen MR) is 37.4 cm³/mol. The molecule has 4 nitrogen and oxygen atoms in total. The van der Waals surface area contributed by atoms with Gasteiger partial charge in [0, 0.05) is 11.3 Å². The number of hydrogen-bond acceptors (Lipinski definition) is 3. The Labute approximate surface area is 60.0 Å². The van der Waals surface area contributed by atoms with Crippen LogP contribution >= 0.6 is 0 Å². The quantitative estimate of drug-likeness (QED) is 0.472. The average molecular weight is 147 g/mol. The lowest BCUT2D eigenvalue weighted by atomic mass is 10.1. The summed E-state index contributed by atoms with van der Waals surface area (Å²) in [5.41, 5.74) is 0. The molecule has 4 heteroatoms. The third-order valence-corrected chi connectivity index (χ3v) is 1.55. The number of rotatable bonds is 4. The van der Waals surface area contributed by atoms with E-state index in [-0.39, 0.29) is 0 Å². The standard InChI is InChI=1S/C6H13NO3/c1-3-5(7(9)10)6(8)4-2/h5-6,8H,3-4H2,1-2H3/t5-,6-/m1/s1. The first-order chi connectivity index (χ1) is 4.63. The predicted octanol–water partition coefficient (Wildman–Crippen LogP) is 0.813. The van der Waals surface area contributed by atoms with Gasteiger partial charge < -0.3 is 5.11 Å². The van der Waals surface area contributed by atoms with Crippen LogP contribution in [0.2, 0.25) is 0 Å². The molecule has 60 valence electrons. The van der Waals surface area contributed by atoms with Crippen molar-refractivity contribution < 1.29 is 10.0 Å². The maximum absolute atomic E-state index is 10.2. The van der Waals surface area contributed by atoms with Crippen LogP contribution in [0.15, 0.2) is 0 Å². The minimum atomic E-state index is -0.792. The second-order valence-corrected chi connectivity index (χ2v) is 2.24. The lowest BCUT2D eigenvalue weighted by Gasteiger charge is -2.11. The Balaban J connectivity index is 3.92. The highest BCUT2D eigenvalue weighted by Crippen LogP contribution is 2.05. The highest BCUT2D eigenvalue weighted by atomic mass is 16.6. The normalized spacial score (nSPS) is 16.3. The number of aliphatic hydroxyl groups excluding tert-OH is 1. The monoisotopic (exact) mass is 147 g/mol. The zero-order chi connectivity index (χ0) is 8.15. The Morgan fingerprint density at radius 3 is 2.10 bits per heavy atom. The van der Waals surface area contributed by atoms with E-state index in [1.807, 2.05) is 0 Å². The fourth-order valence-electron chi connectivity index (χ4n) is 0.834. The van der Waals surface area contributed by atoms with Crippen molar-refractivity contribution in [3.8, 4) is 0 Å². The first-order valence-corrected chi connectivity index (χ1v) is 3.45. The molecule has 1 N–H and O–H groups in total. The van der Waals surface area contributed by atoms with E-state index in [9.17, 15) is 10.1 Å². The van der Waals surface area contributed by atoms with Gasteiger partial charge in [-0.3, -0.25) is 10.1 Å². The molecule has 10 heavy (non-hydrogen) atoms.